The van der Waals surface area contributed by atoms with E-state index in [1.54, 1.807) is 16.9 Å². The van der Waals surface area contributed by atoms with Gasteiger partial charge in [0.25, 0.3) is 0 Å². The normalized spacial score (nSPS) is 17.8. The largest absolute Gasteiger partial charge is 0.598 e. The second-order valence-corrected chi connectivity index (χ2v) is 14.2. The van der Waals surface area contributed by atoms with Gasteiger partial charge in [-0.3, -0.25) is 0 Å². The highest BCUT2D eigenvalue weighted by Gasteiger charge is 2.39. The lowest BCUT2D eigenvalue weighted by Crippen LogP contribution is -2.41. The number of nitrogens with zero attached hydrogens (tertiary/aromatic N) is 3. The Hall–Kier alpha value is -1.88. The van der Waals surface area contributed by atoms with Gasteiger partial charge in [0.15, 0.2) is 5.65 Å². The van der Waals surface area contributed by atoms with Crippen LogP contribution in [-0.2, 0) is 20.8 Å². The fraction of sp³-hybridized carbons (Fsp3) is 0.720. The smallest absolute Gasteiger partial charge is 0.408 e. The third-order valence-electron chi connectivity index (χ3n) is 5.33. The Labute approximate surface area is 212 Å². The van der Waals surface area contributed by atoms with Crippen molar-refractivity contribution in [2.45, 2.75) is 103 Å². The van der Waals surface area contributed by atoms with Crippen molar-refractivity contribution in [1.82, 2.24) is 24.6 Å². The van der Waals surface area contributed by atoms with Gasteiger partial charge in [0, 0.05) is 11.4 Å². The summed E-state index contributed by atoms with van der Waals surface area (Å²) in [6.45, 7) is 17.4. The number of rotatable bonds is 8. The number of carbonyl (C=O) groups is 1. The zero-order valence-corrected chi connectivity index (χ0v) is 23.3. The van der Waals surface area contributed by atoms with Gasteiger partial charge >= 0.3 is 6.09 Å². The van der Waals surface area contributed by atoms with E-state index < -0.39 is 29.1 Å². The summed E-state index contributed by atoms with van der Waals surface area (Å²) in [4.78, 5) is 17.3. The Morgan fingerprint density at radius 3 is 2.37 bits per heavy atom. The van der Waals surface area contributed by atoms with E-state index in [-0.39, 0.29) is 23.0 Å². The van der Waals surface area contributed by atoms with E-state index in [4.69, 9.17) is 14.5 Å². The molecule has 2 aromatic rings. The molecule has 0 aromatic carbocycles. The lowest BCUT2D eigenvalue weighted by molar-refractivity contribution is -0.0179. The van der Waals surface area contributed by atoms with Crippen LogP contribution in [0.15, 0.2) is 18.5 Å². The SMILES string of the molecule is CC(C)(C)OC[C@H](NC(=O)OC(C)(C)C)c1cn2ncc(C(N[S+]([O-])C(C)(C)C)C3CC3)cc2n1. The molecule has 0 aliphatic heterocycles. The van der Waals surface area contributed by atoms with Gasteiger partial charge in [0.05, 0.1) is 42.4 Å². The molecule has 9 nitrogen and oxygen atoms in total. The molecule has 2 heterocycles. The van der Waals surface area contributed by atoms with Gasteiger partial charge in [-0.05, 0) is 92.7 Å². The number of fused-ring (bicyclic) bond motifs is 1. The van der Waals surface area contributed by atoms with Crippen molar-refractivity contribution in [1.29, 1.82) is 0 Å². The molecule has 1 aliphatic rings. The van der Waals surface area contributed by atoms with Gasteiger partial charge in [0.1, 0.15) is 10.3 Å². The molecule has 1 aliphatic carbocycles. The van der Waals surface area contributed by atoms with Crippen LogP contribution in [0.3, 0.4) is 0 Å². The number of amides is 1. The van der Waals surface area contributed by atoms with Crippen molar-refractivity contribution in [3.63, 3.8) is 0 Å². The summed E-state index contributed by atoms with van der Waals surface area (Å²) < 4.78 is 28.8. The van der Waals surface area contributed by atoms with Crippen LogP contribution in [0.1, 0.15) is 98.5 Å². The maximum Gasteiger partial charge on any atom is 0.408 e. The van der Waals surface area contributed by atoms with Gasteiger partial charge < -0.3 is 19.3 Å². The Morgan fingerprint density at radius 2 is 1.83 bits per heavy atom. The van der Waals surface area contributed by atoms with Crippen molar-refractivity contribution in [3.8, 4) is 0 Å². The molecule has 1 fully saturated rings. The maximum atomic E-state index is 12.8. The van der Waals surface area contributed by atoms with Crippen LogP contribution in [0, 0.1) is 5.92 Å². The molecule has 3 rings (SSSR count). The average Bonchev–Trinajstić information content (AvgIpc) is 3.44. The van der Waals surface area contributed by atoms with E-state index in [1.165, 1.54) is 0 Å². The van der Waals surface area contributed by atoms with Crippen LogP contribution in [0.5, 0.6) is 0 Å². The molecule has 35 heavy (non-hydrogen) atoms. The Kier molecular flexibility index (Phi) is 8.10. The number of aromatic nitrogens is 3. The minimum absolute atomic E-state index is 0.0485. The second kappa shape index (κ2) is 10.2. The summed E-state index contributed by atoms with van der Waals surface area (Å²) in [5.41, 5.74) is 1.23. The number of hydrogen-bond acceptors (Lipinski definition) is 7. The zero-order chi connectivity index (χ0) is 26.2. The third-order valence-corrected chi connectivity index (χ3v) is 6.91. The summed E-state index contributed by atoms with van der Waals surface area (Å²) in [5, 5.41) is 7.45. The van der Waals surface area contributed by atoms with Crippen LogP contribution in [0.2, 0.25) is 0 Å². The quantitative estimate of drug-likeness (QED) is 0.502. The molecule has 2 aromatic heterocycles. The van der Waals surface area contributed by atoms with E-state index in [0.29, 0.717) is 17.3 Å². The summed E-state index contributed by atoms with van der Waals surface area (Å²) >= 11 is -1.19. The van der Waals surface area contributed by atoms with Crippen molar-refractivity contribution < 1.29 is 18.8 Å². The van der Waals surface area contributed by atoms with Crippen LogP contribution < -0.4 is 10.0 Å². The minimum Gasteiger partial charge on any atom is -0.598 e. The predicted molar refractivity (Wildman–Crippen MR) is 137 cm³/mol. The molecule has 2 unspecified atom stereocenters. The highest BCUT2D eigenvalue weighted by Crippen LogP contribution is 2.42. The first-order valence-electron chi connectivity index (χ1n) is 12.2. The highest BCUT2D eigenvalue weighted by atomic mass is 32.2. The maximum absolute atomic E-state index is 12.8. The first-order chi connectivity index (χ1) is 16.0. The highest BCUT2D eigenvalue weighted by molar-refractivity contribution is 7.90. The van der Waals surface area contributed by atoms with Crippen molar-refractivity contribution >= 4 is 23.1 Å². The van der Waals surface area contributed by atoms with E-state index >= 15 is 0 Å². The molecule has 3 atom stereocenters. The summed E-state index contributed by atoms with van der Waals surface area (Å²) in [7, 11) is 0. The van der Waals surface area contributed by atoms with E-state index in [0.717, 1.165) is 18.4 Å². The third kappa shape index (κ3) is 8.34. The minimum atomic E-state index is -1.19. The number of nitrogens with one attached hydrogen (secondary N) is 2. The standard InChI is InChI=1S/C25H41N5O4S/c1-23(2,3)33-15-19(28-22(31)34-24(4,5)6)18-14-30-20(27-18)12-17(13-26-30)21(16-10-11-16)29-35(32)25(7,8)9/h12-14,16,19,21,29H,10-11,15H2,1-9H3,(H,28,31)/t19-,21?,35?/m0/s1. The lowest BCUT2D eigenvalue weighted by atomic mass is 10.1. The molecule has 1 amide bonds. The van der Waals surface area contributed by atoms with Gasteiger partial charge in [-0.2, -0.15) is 5.10 Å². The fourth-order valence-corrected chi connectivity index (χ4v) is 4.30. The van der Waals surface area contributed by atoms with Crippen molar-refractivity contribution in [2.24, 2.45) is 5.92 Å². The number of hydrogen-bond donors (Lipinski definition) is 2. The number of alkyl carbamates (subject to hydrolysis) is 1. The molecule has 0 radical (unpaired) electrons. The number of carbonyl (C=O) groups excluding carboxylic acids is 1. The molecule has 2 N–H and O–H groups in total. The second-order valence-electron chi connectivity index (χ2n) is 12.2. The molecule has 0 saturated heterocycles. The zero-order valence-electron chi connectivity index (χ0n) is 22.5. The Bertz CT molecular complexity index is 1020. The van der Waals surface area contributed by atoms with Gasteiger partial charge in [0.2, 0.25) is 0 Å². The van der Waals surface area contributed by atoms with E-state index in [9.17, 15) is 9.35 Å². The topological polar surface area (TPSA) is 113 Å². The fourth-order valence-electron chi connectivity index (χ4n) is 3.39. The van der Waals surface area contributed by atoms with Crippen LogP contribution in [0.4, 0.5) is 4.79 Å². The molecular formula is C25H41N5O4S. The predicted octanol–water partition coefficient (Wildman–Crippen LogP) is 4.61. The van der Waals surface area contributed by atoms with E-state index in [1.807, 2.05) is 68.4 Å². The van der Waals surface area contributed by atoms with Crippen LogP contribution >= 0.6 is 0 Å². The Morgan fingerprint density at radius 1 is 1.17 bits per heavy atom. The Balaban J connectivity index is 1.86. The number of ether oxygens (including phenoxy) is 2. The summed E-state index contributed by atoms with van der Waals surface area (Å²) in [6, 6.07) is 1.41. The van der Waals surface area contributed by atoms with Crippen LogP contribution in [0.25, 0.3) is 5.65 Å². The molecule has 1 saturated carbocycles. The summed E-state index contributed by atoms with van der Waals surface area (Å²) in [6.07, 6.45) is 5.25. The van der Waals surface area contributed by atoms with Crippen molar-refractivity contribution in [2.75, 3.05) is 6.61 Å². The van der Waals surface area contributed by atoms with Gasteiger partial charge in [-0.15, -0.1) is 4.72 Å². The molecule has 196 valence electrons. The first kappa shape index (κ1) is 27.7. The first-order valence-corrected chi connectivity index (χ1v) is 13.3. The summed E-state index contributed by atoms with van der Waals surface area (Å²) in [5.74, 6) is 0.432. The molecular weight excluding hydrogens is 466 g/mol. The monoisotopic (exact) mass is 507 g/mol. The van der Waals surface area contributed by atoms with Crippen molar-refractivity contribution in [3.05, 3.63) is 29.7 Å². The lowest BCUT2D eigenvalue weighted by Gasteiger charge is -2.28. The van der Waals surface area contributed by atoms with E-state index in [2.05, 4.69) is 15.1 Å². The molecule has 0 bridgehead atoms. The van der Waals surface area contributed by atoms with Gasteiger partial charge in [-0.1, -0.05) is 0 Å². The number of imidazole rings is 1. The van der Waals surface area contributed by atoms with Crippen LogP contribution in [-0.4, -0.2) is 47.8 Å². The average molecular weight is 508 g/mol. The molecule has 0 spiro atoms. The van der Waals surface area contributed by atoms with Gasteiger partial charge in [-0.25, -0.2) is 14.3 Å². The molecule has 10 heteroatoms.